The summed E-state index contributed by atoms with van der Waals surface area (Å²) in [5, 5.41) is 17.5. The molecule has 0 aliphatic carbocycles. The first-order valence-corrected chi connectivity index (χ1v) is 5.23. The van der Waals surface area contributed by atoms with E-state index in [1.165, 1.54) is 19.3 Å². The fourth-order valence-electron chi connectivity index (χ4n) is 1.19. The van der Waals surface area contributed by atoms with Crippen molar-refractivity contribution in [1.29, 1.82) is 0 Å². The molecule has 3 nitrogen and oxygen atoms in total. The predicted molar refractivity (Wildman–Crippen MR) is 56.2 cm³/mol. The summed E-state index contributed by atoms with van der Waals surface area (Å²) in [6, 6.07) is 0. The zero-order chi connectivity index (χ0) is 10.8. The number of aliphatic hydroxyl groups is 1. The SMILES string of the molecule is CCCCCC/C=C/C(O)CC(=O)O. The van der Waals surface area contributed by atoms with Crippen molar-refractivity contribution in [1.82, 2.24) is 0 Å². The van der Waals surface area contributed by atoms with E-state index in [2.05, 4.69) is 6.92 Å². The van der Waals surface area contributed by atoms with Crippen LogP contribution in [0.15, 0.2) is 12.2 Å². The maximum Gasteiger partial charge on any atom is 0.306 e. The third-order valence-corrected chi connectivity index (χ3v) is 1.97. The summed E-state index contributed by atoms with van der Waals surface area (Å²) >= 11 is 0. The lowest BCUT2D eigenvalue weighted by Crippen LogP contribution is -2.09. The third-order valence-electron chi connectivity index (χ3n) is 1.97. The van der Waals surface area contributed by atoms with Gasteiger partial charge >= 0.3 is 5.97 Å². The van der Waals surface area contributed by atoms with Crippen molar-refractivity contribution in [2.75, 3.05) is 0 Å². The fourth-order valence-corrected chi connectivity index (χ4v) is 1.19. The van der Waals surface area contributed by atoms with E-state index in [1.807, 2.05) is 6.08 Å². The summed E-state index contributed by atoms with van der Waals surface area (Å²) in [6.07, 6.45) is 8.10. The number of carbonyl (C=O) groups is 1. The van der Waals surface area contributed by atoms with Crippen LogP contribution in [0.1, 0.15) is 45.4 Å². The molecule has 0 saturated carbocycles. The molecule has 1 atom stereocenters. The van der Waals surface area contributed by atoms with E-state index in [0.29, 0.717) is 0 Å². The molecule has 0 amide bonds. The summed E-state index contributed by atoms with van der Waals surface area (Å²) in [4.78, 5) is 10.2. The van der Waals surface area contributed by atoms with Gasteiger partial charge in [0.05, 0.1) is 12.5 Å². The van der Waals surface area contributed by atoms with Gasteiger partial charge in [-0.2, -0.15) is 0 Å². The van der Waals surface area contributed by atoms with Crippen molar-refractivity contribution in [3.05, 3.63) is 12.2 Å². The summed E-state index contributed by atoms with van der Waals surface area (Å²) in [6.45, 7) is 2.16. The fraction of sp³-hybridized carbons (Fsp3) is 0.727. The number of aliphatic carboxylic acids is 1. The molecule has 0 spiro atoms. The number of aliphatic hydroxyl groups excluding tert-OH is 1. The average Bonchev–Trinajstić information content (AvgIpc) is 2.10. The molecule has 0 radical (unpaired) electrons. The van der Waals surface area contributed by atoms with Crippen LogP contribution >= 0.6 is 0 Å². The van der Waals surface area contributed by atoms with Gasteiger partial charge in [0.25, 0.3) is 0 Å². The van der Waals surface area contributed by atoms with Crippen molar-refractivity contribution in [3.8, 4) is 0 Å². The number of unbranched alkanes of at least 4 members (excludes halogenated alkanes) is 4. The Labute approximate surface area is 85.4 Å². The molecule has 0 aromatic heterocycles. The monoisotopic (exact) mass is 200 g/mol. The molecule has 2 N–H and O–H groups in total. The highest BCUT2D eigenvalue weighted by Gasteiger charge is 2.03. The lowest BCUT2D eigenvalue weighted by molar-refractivity contribution is -0.138. The third kappa shape index (κ3) is 9.26. The van der Waals surface area contributed by atoms with Crippen molar-refractivity contribution in [3.63, 3.8) is 0 Å². The molecule has 82 valence electrons. The summed E-state index contributed by atoms with van der Waals surface area (Å²) in [5.74, 6) is -0.965. The van der Waals surface area contributed by atoms with Gasteiger partial charge in [0, 0.05) is 0 Å². The standard InChI is InChI=1S/C11H20O3/c1-2-3-4-5-6-7-8-10(12)9-11(13)14/h7-8,10,12H,2-6,9H2,1H3,(H,13,14)/b8-7+. The molecule has 3 heteroatoms. The van der Waals surface area contributed by atoms with Crippen LogP contribution in [0.3, 0.4) is 0 Å². The molecular weight excluding hydrogens is 180 g/mol. The van der Waals surface area contributed by atoms with Crippen LogP contribution < -0.4 is 0 Å². The van der Waals surface area contributed by atoms with Gasteiger partial charge in [-0.05, 0) is 12.8 Å². The maximum atomic E-state index is 10.2. The minimum absolute atomic E-state index is 0.203. The predicted octanol–water partition coefficient (Wildman–Crippen LogP) is 2.35. The molecule has 14 heavy (non-hydrogen) atoms. The van der Waals surface area contributed by atoms with Crippen molar-refractivity contribution in [2.24, 2.45) is 0 Å². The summed E-state index contributed by atoms with van der Waals surface area (Å²) in [7, 11) is 0. The molecule has 0 aliphatic heterocycles. The highest BCUT2D eigenvalue weighted by molar-refractivity contribution is 5.67. The molecule has 0 aromatic rings. The van der Waals surface area contributed by atoms with Crippen LogP contribution in [0.2, 0.25) is 0 Å². The van der Waals surface area contributed by atoms with E-state index >= 15 is 0 Å². The molecule has 0 saturated heterocycles. The minimum Gasteiger partial charge on any atom is -0.481 e. The number of allylic oxidation sites excluding steroid dienone is 1. The van der Waals surface area contributed by atoms with Crippen LogP contribution in [-0.2, 0) is 4.79 Å². The van der Waals surface area contributed by atoms with Gasteiger partial charge in [0.15, 0.2) is 0 Å². The van der Waals surface area contributed by atoms with Crippen molar-refractivity contribution >= 4 is 5.97 Å². The Kier molecular flexibility index (Phi) is 8.24. The van der Waals surface area contributed by atoms with E-state index in [9.17, 15) is 4.79 Å². The van der Waals surface area contributed by atoms with E-state index < -0.39 is 12.1 Å². The first kappa shape index (κ1) is 13.2. The lowest BCUT2D eigenvalue weighted by Gasteiger charge is -2.00. The van der Waals surface area contributed by atoms with Gasteiger partial charge in [0.1, 0.15) is 0 Å². The van der Waals surface area contributed by atoms with Crippen LogP contribution in [0.5, 0.6) is 0 Å². The Hall–Kier alpha value is -0.830. The second kappa shape index (κ2) is 8.75. The van der Waals surface area contributed by atoms with Crippen molar-refractivity contribution in [2.45, 2.75) is 51.6 Å². The molecule has 0 heterocycles. The van der Waals surface area contributed by atoms with Gasteiger partial charge in [0.2, 0.25) is 0 Å². The molecule has 0 rings (SSSR count). The molecule has 0 aromatic carbocycles. The molecular formula is C11H20O3. The molecule has 1 unspecified atom stereocenters. The first-order valence-electron chi connectivity index (χ1n) is 5.23. The number of carboxylic acids is 1. The van der Waals surface area contributed by atoms with Crippen LogP contribution in [0.25, 0.3) is 0 Å². The highest BCUT2D eigenvalue weighted by Crippen LogP contribution is 2.04. The topological polar surface area (TPSA) is 57.5 Å². The van der Waals surface area contributed by atoms with Crippen LogP contribution in [-0.4, -0.2) is 22.3 Å². The number of rotatable bonds is 8. The molecule has 0 fully saturated rings. The minimum atomic E-state index is -0.965. The zero-order valence-electron chi connectivity index (χ0n) is 8.78. The van der Waals surface area contributed by atoms with E-state index in [1.54, 1.807) is 6.08 Å². The van der Waals surface area contributed by atoms with Crippen LogP contribution in [0.4, 0.5) is 0 Å². The number of hydrogen-bond donors (Lipinski definition) is 2. The Morgan fingerprint density at radius 2 is 2.07 bits per heavy atom. The second-order valence-corrected chi connectivity index (χ2v) is 3.44. The normalized spacial score (nSPS) is 13.3. The number of hydrogen-bond acceptors (Lipinski definition) is 2. The quantitative estimate of drug-likeness (QED) is 0.467. The van der Waals surface area contributed by atoms with Gasteiger partial charge in [-0.25, -0.2) is 0 Å². The lowest BCUT2D eigenvalue weighted by atomic mass is 10.1. The Morgan fingerprint density at radius 3 is 2.64 bits per heavy atom. The zero-order valence-corrected chi connectivity index (χ0v) is 8.78. The van der Waals surface area contributed by atoms with Crippen LogP contribution in [0, 0.1) is 0 Å². The van der Waals surface area contributed by atoms with Gasteiger partial charge in [-0.3, -0.25) is 4.79 Å². The van der Waals surface area contributed by atoms with Gasteiger partial charge in [-0.15, -0.1) is 0 Å². The second-order valence-electron chi connectivity index (χ2n) is 3.44. The van der Waals surface area contributed by atoms with Gasteiger partial charge in [-0.1, -0.05) is 38.3 Å². The Bertz CT molecular complexity index is 175. The largest absolute Gasteiger partial charge is 0.481 e. The van der Waals surface area contributed by atoms with Gasteiger partial charge < -0.3 is 10.2 Å². The highest BCUT2D eigenvalue weighted by atomic mass is 16.4. The Balaban J connectivity index is 3.37. The first-order chi connectivity index (χ1) is 6.66. The Morgan fingerprint density at radius 1 is 1.36 bits per heavy atom. The summed E-state index contributed by atoms with van der Waals surface area (Å²) in [5.41, 5.74) is 0. The number of carboxylic acid groups (broad SMARTS) is 1. The average molecular weight is 200 g/mol. The van der Waals surface area contributed by atoms with Crippen molar-refractivity contribution < 1.29 is 15.0 Å². The maximum absolute atomic E-state index is 10.2. The van der Waals surface area contributed by atoms with E-state index in [4.69, 9.17) is 10.2 Å². The van der Waals surface area contributed by atoms with E-state index in [-0.39, 0.29) is 6.42 Å². The molecule has 0 bridgehead atoms. The van der Waals surface area contributed by atoms with E-state index in [0.717, 1.165) is 12.8 Å². The smallest absolute Gasteiger partial charge is 0.306 e. The molecule has 0 aliphatic rings. The summed E-state index contributed by atoms with van der Waals surface area (Å²) < 4.78 is 0.